The van der Waals surface area contributed by atoms with Crippen LogP contribution in [0, 0.1) is 11.8 Å². The van der Waals surface area contributed by atoms with Crippen molar-refractivity contribution in [1.29, 1.82) is 0 Å². The molecule has 0 saturated heterocycles. The number of rotatable bonds is 5. The number of allylic oxidation sites excluding steroid dienone is 5. The average molecular weight is 401 g/mol. The largest absolute Gasteiger partial charge is 0.390 e. The molecule has 0 amide bonds. The molecule has 6 nitrogen and oxygen atoms in total. The minimum atomic E-state index is -0.800. The Labute approximate surface area is 171 Å². The first-order valence-corrected chi connectivity index (χ1v) is 9.28. The summed E-state index contributed by atoms with van der Waals surface area (Å²) >= 11 is 0. The molecule has 1 aliphatic rings. The fourth-order valence-corrected chi connectivity index (χ4v) is 2.93. The van der Waals surface area contributed by atoms with Gasteiger partial charge in [-0.15, -0.1) is 0 Å². The second-order valence-electron chi connectivity index (χ2n) is 8.48. The van der Waals surface area contributed by atoms with E-state index in [9.17, 15) is 15.3 Å². The van der Waals surface area contributed by atoms with Gasteiger partial charge in [0.05, 0.1) is 16.8 Å². The maximum absolute atomic E-state index is 9.98. The van der Waals surface area contributed by atoms with E-state index in [4.69, 9.17) is 5.21 Å². The third-order valence-corrected chi connectivity index (χ3v) is 4.15. The first kappa shape index (κ1) is 31.4. The van der Waals surface area contributed by atoms with Crippen LogP contribution in [0.4, 0.5) is 0 Å². The van der Waals surface area contributed by atoms with Gasteiger partial charge in [0.1, 0.15) is 0 Å². The molecule has 1 rings (SSSR count). The summed E-state index contributed by atoms with van der Waals surface area (Å²) in [6, 6.07) is 0. The van der Waals surface area contributed by atoms with Gasteiger partial charge < -0.3 is 26.7 Å². The second kappa shape index (κ2) is 13.8. The van der Waals surface area contributed by atoms with Gasteiger partial charge in [-0.05, 0) is 61.0 Å². The molecule has 0 bridgehead atoms. The van der Waals surface area contributed by atoms with Crippen LogP contribution in [0.1, 0.15) is 61.8 Å². The van der Waals surface area contributed by atoms with Gasteiger partial charge in [-0.1, -0.05) is 42.5 Å². The highest BCUT2D eigenvalue weighted by atomic mass is 16.4. The predicted molar refractivity (Wildman–Crippen MR) is 118 cm³/mol. The molecular weight excluding hydrogens is 356 g/mol. The lowest BCUT2D eigenvalue weighted by Gasteiger charge is -2.39. The van der Waals surface area contributed by atoms with Gasteiger partial charge in [-0.3, -0.25) is 0 Å². The van der Waals surface area contributed by atoms with Crippen LogP contribution in [0.5, 0.6) is 0 Å². The molecule has 0 aromatic carbocycles. The molecule has 2 unspecified atom stereocenters. The van der Waals surface area contributed by atoms with E-state index in [0.717, 1.165) is 0 Å². The molecule has 166 valence electrons. The summed E-state index contributed by atoms with van der Waals surface area (Å²) in [6.07, 6.45) is 14.5. The van der Waals surface area contributed by atoms with Gasteiger partial charge in [0.15, 0.2) is 0 Å². The Morgan fingerprint density at radius 1 is 0.857 bits per heavy atom. The molecule has 28 heavy (non-hydrogen) atoms. The molecule has 0 aliphatic heterocycles. The predicted octanol–water partition coefficient (Wildman–Crippen LogP) is 4.05. The van der Waals surface area contributed by atoms with Crippen LogP contribution in [0.15, 0.2) is 48.1 Å². The standard InChI is InChI=1S/C12H20O2.C10H18O.H3NO.H3N/c1-11(2,13)9-7-5-6-8-10(9)12(3,4)14;1-5-7-9(6-2)8-10(3,4)11;1-2;/h5-10,13-14H,1-4H3;5-7,11H,8H2,1-4H3;2H,1H2;1H3/b;7-5-,9-6+;;. The Hall–Kier alpha value is -1.28. The molecule has 0 fully saturated rings. The van der Waals surface area contributed by atoms with E-state index in [1.165, 1.54) is 5.57 Å². The van der Waals surface area contributed by atoms with Crippen molar-refractivity contribution >= 4 is 0 Å². The summed E-state index contributed by atoms with van der Waals surface area (Å²) in [6.45, 7) is 14.7. The van der Waals surface area contributed by atoms with E-state index in [2.05, 4.69) is 5.90 Å². The van der Waals surface area contributed by atoms with E-state index < -0.39 is 16.8 Å². The highest BCUT2D eigenvalue weighted by molar-refractivity contribution is 5.20. The van der Waals surface area contributed by atoms with Crippen LogP contribution >= 0.6 is 0 Å². The van der Waals surface area contributed by atoms with Crippen molar-refractivity contribution < 1.29 is 20.5 Å². The van der Waals surface area contributed by atoms with E-state index >= 15 is 0 Å². The molecule has 0 radical (unpaired) electrons. The van der Waals surface area contributed by atoms with Crippen LogP contribution in [0.25, 0.3) is 0 Å². The van der Waals surface area contributed by atoms with Gasteiger partial charge in [0.25, 0.3) is 0 Å². The number of aliphatic hydroxyl groups is 3. The van der Waals surface area contributed by atoms with Crippen LogP contribution in [0.2, 0.25) is 0 Å². The molecule has 9 N–H and O–H groups in total. The molecule has 0 heterocycles. The topological polar surface area (TPSA) is 142 Å². The first-order valence-electron chi connectivity index (χ1n) is 9.28. The van der Waals surface area contributed by atoms with E-state index in [-0.39, 0.29) is 18.0 Å². The van der Waals surface area contributed by atoms with E-state index in [1.807, 2.05) is 70.2 Å². The van der Waals surface area contributed by atoms with E-state index in [1.54, 1.807) is 27.7 Å². The van der Waals surface area contributed by atoms with Crippen molar-refractivity contribution in [2.45, 2.75) is 78.6 Å². The molecular formula is C22H44N2O4. The molecule has 0 aromatic rings. The van der Waals surface area contributed by atoms with Crippen molar-refractivity contribution in [1.82, 2.24) is 6.15 Å². The minimum absolute atomic E-state index is 0. The first-order chi connectivity index (χ1) is 12.2. The normalized spacial score (nSPS) is 20.0. The maximum Gasteiger partial charge on any atom is 0.0660 e. The second-order valence-corrected chi connectivity index (χ2v) is 8.48. The lowest BCUT2D eigenvalue weighted by atomic mass is 9.71. The Morgan fingerprint density at radius 2 is 1.21 bits per heavy atom. The molecule has 2 atom stereocenters. The molecule has 6 heteroatoms. The Kier molecular flexibility index (Phi) is 15.5. The third-order valence-electron chi connectivity index (χ3n) is 4.15. The SMILES string of the molecule is C/C=C\C(=C/C)CC(C)(C)O.CC(C)(O)C1C=CC=CC1C(C)(C)O.N.NO. The fraction of sp³-hybridized carbons (Fsp3) is 0.636. The Balaban J connectivity index is -0.000000407. The van der Waals surface area contributed by atoms with Gasteiger partial charge >= 0.3 is 0 Å². The van der Waals surface area contributed by atoms with Crippen molar-refractivity contribution in [3.05, 3.63) is 48.1 Å². The molecule has 0 spiro atoms. The number of hydrogen-bond acceptors (Lipinski definition) is 6. The quantitative estimate of drug-likeness (QED) is 0.303. The fourth-order valence-electron chi connectivity index (χ4n) is 2.93. The summed E-state index contributed by atoms with van der Waals surface area (Å²) < 4.78 is 0. The maximum atomic E-state index is 9.98. The Morgan fingerprint density at radius 3 is 1.43 bits per heavy atom. The van der Waals surface area contributed by atoms with Gasteiger partial charge in [-0.2, -0.15) is 0 Å². The summed E-state index contributed by atoms with van der Waals surface area (Å²) in [7, 11) is 0. The van der Waals surface area contributed by atoms with Crippen molar-refractivity contribution in [2.75, 3.05) is 0 Å². The van der Waals surface area contributed by atoms with Crippen molar-refractivity contribution in [3.8, 4) is 0 Å². The lowest BCUT2D eigenvalue weighted by molar-refractivity contribution is -0.0461. The van der Waals surface area contributed by atoms with Crippen molar-refractivity contribution in [2.24, 2.45) is 17.7 Å². The smallest absolute Gasteiger partial charge is 0.0660 e. The van der Waals surface area contributed by atoms with Gasteiger partial charge in [-0.25, -0.2) is 5.90 Å². The van der Waals surface area contributed by atoms with E-state index in [0.29, 0.717) is 6.42 Å². The molecule has 0 saturated carbocycles. The van der Waals surface area contributed by atoms with Crippen LogP contribution in [0.3, 0.4) is 0 Å². The summed E-state index contributed by atoms with van der Waals surface area (Å²) in [4.78, 5) is 0. The van der Waals surface area contributed by atoms with Crippen LogP contribution < -0.4 is 12.0 Å². The van der Waals surface area contributed by atoms with Crippen LogP contribution in [-0.2, 0) is 0 Å². The minimum Gasteiger partial charge on any atom is -0.390 e. The lowest BCUT2D eigenvalue weighted by Crippen LogP contribution is -2.44. The van der Waals surface area contributed by atoms with Gasteiger partial charge in [0, 0.05) is 18.3 Å². The summed E-state index contributed by atoms with van der Waals surface area (Å²) in [5.41, 5.74) is -1.01. The zero-order valence-corrected chi connectivity index (χ0v) is 19.0. The van der Waals surface area contributed by atoms with Gasteiger partial charge in [0.2, 0.25) is 0 Å². The average Bonchev–Trinajstić information content (AvgIpc) is 2.54. The zero-order valence-electron chi connectivity index (χ0n) is 19.0. The third kappa shape index (κ3) is 13.8. The van der Waals surface area contributed by atoms with Crippen LogP contribution in [-0.4, -0.2) is 37.3 Å². The molecule has 1 aliphatic carbocycles. The number of hydrogen-bond donors (Lipinski definition) is 6. The molecule has 0 aromatic heterocycles. The Bertz CT molecular complexity index is 488. The highest BCUT2D eigenvalue weighted by Crippen LogP contribution is 2.36. The van der Waals surface area contributed by atoms with Crippen molar-refractivity contribution in [3.63, 3.8) is 0 Å². The summed E-state index contributed by atoms with van der Waals surface area (Å²) in [5.74, 6) is 3.43. The zero-order chi connectivity index (χ0) is 21.9. The summed E-state index contributed by atoms with van der Waals surface area (Å²) in [5, 5.41) is 35.9. The highest BCUT2D eigenvalue weighted by Gasteiger charge is 2.39. The number of nitrogens with two attached hydrogens (primary N) is 1. The monoisotopic (exact) mass is 400 g/mol.